The maximum absolute atomic E-state index is 11.2. The molecule has 0 spiro atoms. The van der Waals surface area contributed by atoms with Crippen LogP contribution in [0.3, 0.4) is 0 Å². The van der Waals surface area contributed by atoms with Gasteiger partial charge in [0.25, 0.3) is 0 Å². The van der Waals surface area contributed by atoms with Crippen molar-refractivity contribution in [3.8, 4) is 0 Å². The molecule has 146 valence electrons. The Balaban J connectivity index is 1.77. The van der Waals surface area contributed by atoms with Gasteiger partial charge in [-0.3, -0.25) is 0 Å². The van der Waals surface area contributed by atoms with Gasteiger partial charge in [-0.15, -0.1) is 0 Å². The van der Waals surface area contributed by atoms with Crippen LogP contribution in [0.2, 0.25) is 0 Å². The summed E-state index contributed by atoms with van der Waals surface area (Å²) in [7, 11) is 2.13. The third-order valence-electron chi connectivity index (χ3n) is 5.67. The average Bonchev–Trinajstić information content (AvgIpc) is 2.94. The van der Waals surface area contributed by atoms with Gasteiger partial charge in [-0.1, -0.05) is 17.7 Å². The van der Waals surface area contributed by atoms with Gasteiger partial charge in [0.2, 0.25) is 0 Å². The molecule has 0 bridgehead atoms. The van der Waals surface area contributed by atoms with E-state index in [4.69, 9.17) is 5.11 Å². The third-order valence-corrected chi connectivity index (χ3v) is 5.67. The van der Waals surface area contributed by atoms with Gasteiger partial charge in [0.15, 0.2) is 0 Å². The zero-order valence-electron chi connectivity index (χ0n) is 16.4. The Morgan fingerprint density at radius 3 is 2.75 bits per heavy atom. The molecule has 0 amide bonds. The third kappa shape index (κ3) is 3.19. The van der Waals surface area contributed by atoms with Crippen LogP contribution in [0.5, 0.6) is 0 Å². The van der Waals surface area contributed by atoms with Gasteiger partial charge in [0.05, 0.1) is 6.54 Å². The molecule has 0 aliphatic carbocycles. The predicted molar refractivity (Wildman–Crippen MR) is 107 cm³/mol. The molecule has 2 aromatic heterocycles. The van der Waals surface area contributed by atoms with Crippen molar-refractivity contribution in [2.45, 2.75) is 39.0 Å². The number of carboxylic acids is 1. The lowest BCUT2D eigenvalue weighted by atomic mass is 9.97. The fraction of sp³-hybridized carbons (Fsp3) is 0.364. The molecule has 4 rings (SSSR count). The number of aromatic nitrogens is 2. The molecular formula is C22H25N3O3. The molecule has 6 heteroatoms. The van der Waals surface area contributed by atoms with Gasteiger partial charge in [-0.25, -0.2) is 9.78 Å². The van der Waals surface area contributed by atoms with Crippen LogP contribution in [0.4, 0.5) is 0 Å². The Hall–Kier alpha value is -2.70. The summed E-state index contributed by atoms with van der Waals surface area (Å²) in [5.41, 5.74) is 4.37. The Morgan fingerprint density at radius 1 is 1.29 bits per heavy atom. The molecule has 1 atom stereocenters. The average molecular weight is 379 g/mol. The molecule has 3 heterocycles. The highest BCUT2D eigenvalue weighted by Gasteiger charge is 2.29. The summed E-state index contributed by atoms with van der Waals surface area (Å²) in [5, 5.41) is 21.5. The van der Waals surface area contributed by atoms with Crippen LogP contribution < -0.4 is 0 Å². The quantitative estimate of drug-likeness (QED) is 0.729. The van der Waals surface area contributed by atoms with Crippen molar-refractivity contribution >= 4 is 16.9 Å². The molecule has 1 unspecified atom stereocenters. The first-order valence-corrected chi connectivity index (χ1v) is 9.47. The van der Waals surface area contributed by atoms with Gasteiger partial charge in [0, 0.05) is 47.9 Å². The Kier molecular flexibility index (Phi) is 4.48. The van der Waals surface area contributed by atoms with Crippen molar-refractivity contribution < 1.29 is 15.0 Å². The molecule has 2 N–H and O–H groups in total. The van der Waals surface area contributed by atoms with Gasteiger partial charge in [-0.05, 0) is 44.7 Å². The second-order valence-corrected chi connectivity index (χ2v) is 8.03. The lowest BCUT2D eigenvalue weighted by Gasteiger charge is -2.28. The van der Waals surface area contributed by atoms with E-state index in [-0.39, 0.29) is 5.69 Å². The van der Waals surface area contributed by atoms with Gasteiger partial charge in [0.1, 0.15) is 11.3 Å². The van der Waals surface area contributed by atoms with Gasteiger partial charge >= 0.3 is 5.97 Å². The van der Waals surface area contributed by atoms with Crippen LogP contribution in [0.25, 0.3) is 10.9 Å². The minimum absolute atomic E-state index is 0.0261. The summed E-state index contributed by atoms with van der Waals surface area (Å²) in [6.45, 7) is 6.13. The number of likely N-dealkylation sites (N-methyl/N-ethyl adjacent to an activating group) is 1. The van der Waals surface area contributed by atoms with Crippen molar-refractivity contribution in [3.63, 3.8) is 0 Å². The van der Waals surface area contributed by atoms with Crippen LogP contribution in [0, 0.1) is 6.92 Å². The Morgan fingerprint density at radius 2 is 2.07 bits per heavy atom. The van der Waals surface area contributed by atoms with Crippen LogP contribution >= 0.6 is 0 Å². The summed E-state index contributed by atoms with van der Waals surface area (Å²) >= 11 is 0. The number of carboxylic acid groups (broad SMARTS) is 1. The lowest BCUT2D eigenvalue weighted by molar-refractivity contribution is 0.0380. The fourth-order valence-electron chi connectivity index (χ4n) is 4.12. The lowest BCUT2D eigenvalue weighted by Crippen LogP contribution is -2.31. The van der Waals surface area contributed by atoms with Crippen molar-refractivity contribution in [3.05, 3.63) is 64.6 Å². The smallest absolute Gasteiger partial charge is 0.354 e. The number of carbonyl (C=O) groups is 1. The second-order valence-electron chi connectivity index (χ2n) is 8.03. The zero-order valence-corrected chi connectivity index (χ0v) is 16.4. The molecule has 0 saturated heterocycles. The van der Waals surface area contributed by atoms with E-state index < -0.39 is 11.6 Å². The number of benzene rings is 1. The highest BCUT2D eigenvalue weighted by Crippen LogP contribution is 2.34. The Labute approximate surface area is 164 Å². The number of fused-ring (bicyclic) bond motifs is 3. The van der Waals surface area contributed by atoms with E-state index in [1.807, 2.05) is 0 Å². The highest BCUT2D eigenvalue weighted by molar-refractivity contribution is 5.87. The van der Waals surface area contributed by atoms with E-state index in [0.717, 1.165) is 25.0 Å². The molecule has 1 aliphatic rings. The number of aliphatic hydroxyl groups is 1. The minimum atomic E-state index is -1.17. The summed E-state index contributed by atoms with van der Waals surface area (Å²) in [4.78, 5) is 17.3. The molecule has 0 radical (unpaired) electrons. The standard InChI is InChI=1S/C22H25N3O3/c1-14-4-7-19-16(10-14)17-12-24(3)9-8-20(17)25(19)13-22(2,28)15-5-6-18(21(26)27)23-11-15/h4-7,10-11,28H,8-9,12-13H2,1-3H3,(H,26,27). The number of hydrogen-bond donors (Lipinski definition) is 2. The van der Waals surface area contributed by atoms with Crippen LogP contribution in [0.1, 0.15) is 39.8 Å². The van der Waals surface area contributed by atoms with Crippen LogP contribution in [-0.4, -0.2) is 44.2 Å². The summed E-state index contributed by atoms with van der Waals surface area (Å²) < 4.78 is 2.22. The number of hydrogen-bond acceptors (Lipinski definition) is 4. The Bertz CT molecular complexity index is 1050. The second kappa shape index (κ2) is 6.72. The number of nitrogens with zero attached hydrogens (tertiary/aromatic N) is 3. The van der Waals surface area contributed by atoms with E-state index >= 15 is 0 Å². The monoisotopic (exact) mass is 379 g/mol. The van der Waals surface area contributed by atoms with Crippen molar-refractivity contribution in [2.24, 2.45) is 0 Å². The van der Waals surface area contributed by atoms with E-state index in [9.17, 15) is 9.90 Å². The fourth-order valence-corrected chi connectivity index (χ4v) is 4.12. The van der Waals surface area contributed by atoms with E-state index in [1.54, 1.807) is 13.0 Å². The van der Waals surface area contributed by atoms with E-state index in [2.05, 4.69) is 46.6 Å². The number of aromatic carboxylic acids is 1. The first kappa shape index (κ1) is 18.7. The molecular weight excluding hydrogens is 354 g/mol. The normalized spacial score (nSPS) is 16.7. The first-order chi connectivity index (χ1) is 13.3. The van der Waals surface area contributed by atoms with Gasteiger partial charge < -0.3 is 19.7 Å². The topological polar surface area (TPSA) is 78.6 Å². The molecule has 1 aromatic carbocycles. The maximum atomic E-state index is 11.2. The van der Waals surface area contributed by atoms with E-state index in [1.165, 1.54) is 34.5 Å². The van der Waals surface area contributed by atoms with E-state index in [0.29, 0.717) is 12.1 Å². The summed E-state index contributed by atoms with van der Waals surface area (Å²) in [6.07, 6.45) is 2.39. The zero-order chi connectivity index (χ0) is 20.1. The summed E-state index contributed by atoms with van der Waals surface area (Å²) in [6, 6.07) is 9.54. The molecule has 0 saturated carbocycles. The highest BCUT2D eigenvalue weighted by atomic mass is 16.4. The predicted octanol–water partition coefficient (Wildman–Crippen LogP) is 2.94. The number of aryl methyl sites for hydroxylation is 1. The largest absolute Gasteiger partial charge is 0.477 e. The minimum Gasteiger partial charge on any atom is -0.477 e. The van der Waals surface area contributed by atoms with Crippen LogP contribution in [-0.2, 0) is 25.1 Å². The van der Waals surface area contributed by atoms with Crippen molar-refractivity contribution in [1.29, 1.82) is 0 Å². The molecule has 6 nitrogen and oxygen atoms in total. The van der Waals surface area contributed by atoms with Gasteiger partial charge in [-0.2, -0.15) is 0 Å². The number of pyridine rings is 1. The summed E-state index contributed by atoms with van der Waals surface area (Å²) in [5.74, 6) is -1.07. The van der Waals surface area contributed by atoms with Crippen molar-refractivity contribution in [1.82, 2.24) is 14.5 Å². The van der Waals surface area contributed by atoms with Crippen LogP contribution in [0.15, 0.2) is 36.5 Å². The molecule has 28 heavy (non-hydrogen) atoms. The number of rotatable bonds is 4. The molecule has 0 fully saturated rings. The van der Waals surface area contributed by atoms with Crippen molar-refractivity contribution in [2.75, 3.05) is 13.6 Å². The maximum Gasteiger partial charge on any atom is 0.354 e. The molecule has 1 aliphatic heterocycles. The SMILES string of the molecule is Cc1ccc2c(c1)c1c(n2CC(C)(O)c2ccc(C(=O)O)nc2)CCN(C)C1. The molecule has 3 aromatic rings. The first-order valence-electron chi connectivity index (χ1n) is 9.47.